The number of carbonyl (C=O) groups excluding carboxylic acids is 2. The van der Waals surface area contributed by atoms with Gasteiger partial charge < -0.3 is 9.64 Å². The lowest BCUT2D eigenvalue weighted by molar-refractivity contribution is -0.131. The summed E-state index contributed by atoms with van der Waals surface area (Å²) in [5, 5.41) is 0.827. The molecule has 0 radical (unpaired) electrons. The first kappa shape index (κ1) is 25.3. The highest BCUT2D eigenvalue weighted by atomic mass is 35.5. The molecule has 1 amide bonds. The summed E-state index contributed by atoms with van der Waals surface area (Å²) >= 11 is 6.32. The predicted molar refractivity (Wildman–Crippen MR) is 140 cm³/mol. The van der Waals surface area contributed by atoms with E-state index in [-0.39, 0.29) is 0 Å². The van der Waals surface area contributed by atoms with Crippen LogP contribution in [0, 0.1) is 23.2 Å². The Kier molecular flexibility index (Phi) is 7.89. The Bertz CT molecular complexity index is 924. The summed E-state index contributed by atoms with van der Waals surface area (Å²) in [6.45, 7) is 5.74. The third kappa shape index (κ3) is 5.49. The molecule has 1 saturated carbocycles. The molecular weight excluding hydrogens is 458 g/mol. The number of unbranched alkanes of at least 4 members (excludes halogenated alkanes) is 1. The number of nitrogens with zero attached hydrogens (tertiary/aromatic N) is 1. The fourth-order valence-electron chi connectivity index (χ4n) is 7.81. The molecule has 35 heavy (non-hydrogen) atoms. The molecule has 5 rings (SSSR count). The van der Waals surface area contributed by atoms with Crippen LogP contribution >= 0.6 is 11.6 Å². The molecule has 5 heteroatoms. The molecule has 2 heterocycles. The van der Waals surface area contributed by atoms with Crippen molar-refractivity contribution in [2.45, 2.75) is 89.9 Å². The third-order valence-corrected chi connectivity index (χ3v) is 10.1. The standard InChI is InChI=1S/C30H42ClNO3/c1-2-3-4-26-25-9-7-23(31)17-21(25)5-8-27(26)28-19-24(33)18-22(28)6-10-29(34)32-14-11-30(20-32)12-15-35-16-13-30/h7,9,17,22,26-28H,2-6,8,10-16,18-20H2,1H3/t22-,26?,27?,28?/m1/s1. The van der Waals surface area contributed by atoms with Gasteiger partial charge in [-0.2, -0.15) is 0 Å². The van der Waals surface area contributed by atoms with E-state index in [1.807, 2.05) is 6.07 Å². The molecule has 192 valence electrons. The summed E-state index contributed by atoms with van der Waals surface area (Å²) < 4.78 is 5.57. The first-order valence-electron chi connectivity index (χ1n) is 14.1. The van der Waals surface area contributed by atoms with Crippen molar-refractivity contribution in [3.63, 3.8) is 0 Å². The third-order valence-electron chi connectivity index (χ3n) is 9.82. The lowest BCUT2D eigenvalue weighted by Gasteiger charge is -2.39. The number of carbonyl (C=O) groups is 2. The molecule has 0 N–H and O–H groups in total. The van der Waals surface area contributed by atoms with Crippen LogP contribution in [0.3, 0.4) is 0 Å². The van der Waals surface area contributed by atoms with Gasteiger partial charge in [0, 0.05) is 50.6 Å². The number of ketones is 1. The van der Waals surface area contributed by atoms with Crippen molar-refractivity contribution in [1.82, 2.24) is 4.90 Å². The molecule has 2 aliphatic carbocycles. The average Bonchev–Trinajstić information content (AvgIpc) is 3.44. The normalized spacial score (nSPS) is 30.1. The van der Waals surface area contributed by atoms with Gasteiger partial charge in [-0.05, 0) is 97.3 Å². The zero-order chi connectivity index (χ0) is 24.4. The van der Waals surface area contributed by atoms with Crippen LogP contribution in [-0.2, 0) is 20.7 Å². The number of hydrogen-bond donors (Lipinski definition) is 0. The zero-order valence-corrected chi connectivity index (χ0v) is 22.2. The molecule has 0 bridgehead atoms. The molecule has 0 aromatic heterocycles. The number of fused-ring (bicyclic) bond motifs is 1. The van der Waals surface area contributed by atoms with Gasteiger partial charge in [-0.1, -0.05) is 37.4 Å². The molecule has 2 saturated heterocycles. The Balaban J connectivity index is 1.25. The van der Waals surface area contributed by atoms with Crippen molar-refractivity contribution in [3.05, 3.63) is 34.3 Å². The molecule has 3 unspecified atom stereocenters. The predicted octanol–water partition coefficient (Wildman–Crippen LogP) is 6.58. The van der Waals surface area contributed by atoms with Crippen molar-refractivity contribution in [2.75, 3.05) is 26.3 Å². The SMILES string of the molecule is CCCCC1c2ccc(Cl)cc2CCC1C1CC(=O)C[C@H]1CCC(=O)N1CCC2(CCOCC2)C1. The molecule has 4 atom stereocenters. The Morgan fingerprint density at radius 1 is 1.14 bits per heavy atom. The summed E-state index contributed by atoms with van der Waals surface area (Å²) in [7, 11) is 0. The van der Waals surface area contributed by atoms with E-state index >= 15 is 0 Å². The maximum atomic E-state index is 13.2. The lowest BCUT2D eigenvalue weighted by atomic mass is 9.65. The molecule has 3 fully saturated rings. The van der Waals surface area contributed by atoms with Crippen LogP contribution in [-0.4, -0.2) is 42.9 Å². The number of amides is 1. The number of aryl methyl sites for hydroxylation is 1. The number of benzene rings is 1. The molecule has 1 aromatic rings. The van der Waals surface area contributed by atoms with Gasteiger partial charge in [-0.3, -0.25) is 9.59 Å². The second-order valence-electron chi connectivity index (χ2n) is 11.9. The van der Waals surface area contributed by atoms with E-state index in [0.29, 0.717) is 60.0 Å². The molecule has 2 aliphatic heterocycles. The molecule has 4 aliphatic rings. The second kappa shape index (κ2) is 10.9. The first-order valence-corrected chi connectivity index (χ1v) is 14.5. The fraction of sp³-hybridized carbons (Fsp3) is 0.733. The maximum absolute atomic E-state index is 13.2. The topological polar surface area (TPSA) is 46.6 Å². The number of rotatable bonds is 7. The van der Waals surface area contributed by atoms with Crippen LogP contribution in [0.25, 0.3) is 0 Å². The fourth-order valence-corrected chi connectivity index (χ4v) is 8.01. The largest absolute Gasteiger partial charge is 0.381 e. The van der Waals surface area contributed by atoms with Crippen molar-refractivity contribution >= 4 is 23.3 Å². The summed E-state index contributed by atoms with van der Waals surface area (Å²) in [5.41, 5.74) is 3.17. The summed E-state index contributed by atoms with van der Waals surface area (Å²) in [6, 6.07) is 6.45. The molecular formula is C30H42ClNO3. The van der Waals surface area contributed by atoms with Gasteiger partial charge >= 0.3 is 0 Å². The van der Waals surface area contributed by atoms with Crippen molar-refractivity contribution < 1.29 is 14.3 Å². The minimum Gasteiger partial charge on any atom is -0.381 e. The number of halogens is 1. The van der Waals surface area contributed by atoms with Gasteiger partial charge in [0.1, 0.15) is 5.78 Å². The highest BCUT2D eigenvalue weighted by Gasteiger charge is 2.44. The van der Waals surface area contributed by atoms with Crippen LogP contribution in [0.4, 0.5) is 0 Å². The molecule has 1 spiro atoms. The Morgan fingerprint density at radius 2 is 1.97 bits per heavy atom. The smallest absolute Gasteiger partial charge is 0.222 e. The highest BCUT2D eigenvalue weighted by molar-refractivity contribution is 6.30. The number of hydrogen-bond acceptors (Lipinski definition) is 3. The van der Waals surface area contributed by atoms with Crippen LogP contribution < -0.4 is 0 Å². The quantitative estimate of drug-likeness (QED) is 0.425. The van der Waals surface area contributed by atoms with Gasteiger partial charge in [-0.15, -0.1) is 0 Å². The van der Waals surface area contributed by atoms with E-state index in [1.165, 1.54) is 30.4 Å². The number of ether oxygens (including phenoxy) is 1. The first-order chi connectivity index (χ1) is 17.0. The summed E-state index contributed by atoms with van der Waals surface area (Å²) in [5.74, 6) is 2.54. The molecule has 1 aromatic carbocycles. The van der Waals surface area contributed by atoms with Crippen molar-refractivity contribution in [2.24, 2.45) is 23.2 Å². The van der Waals surface area contributed by atoms with Crippen LogP contribution in [0.2, 0.25) is 5.02 Å². The summed E-state index contributed by atoms with van der Waals surface area (Å²) in [6.07, 6.45) is 11.9. The highest BCUT2D eigenvalue weighted by Crippen LogP contribution is 2.50. The monoisotopic (exact) mass is 499 g/mol. The summed E-state index contributed by atoms with van der Waals surface area (Å²) in [4.78, 5) is 28.0. The minimum atomic E-state index is 0.296. The Morgan fingerprint density at radius 3 is 2.77 bits per heavy atom. The minimum absolute atomic E-state index is 0.296. The van der Waals surface area contributed by atoms with Gasteiger partial charge in [0.05, 0.1) is 0 Å². The van der Waals surface area contributed by atoms with Crippen LogP contribution in [0.5, 0.6) is 0 Å². The maximum Gasteiger partial charge on any atom is 0.222 e. The van der Waals surface area contributed by atoms with E-state index in [2.05, 4.69) is 24.0 Å². The molecule has 4 nitrogen and oxygen atoms in total. The second-order valence-corrected chi connectivity index (χ2v) is 12.3. The van der Waals surface area contributed by atoms with E-state index in [9.17, 15) is 9.59 Å². The van der Waals surface area contributed by atoms with Gasteiger partial charge in [0.25, 0.3) is 0 Å². The van der Waals surface area contributed by atoms with Crippen molar-refractivity contribution in [1.29, 1.82) is 0 Å². The Labute approximate surface area is 216 Å². The van der Waals surface area contributed by atoms with E-state index in [0.717, 1.165) is 69.9 Å². The van der Waals surface area contributed by atoms with Gasteiger partial charge in [0.15, 0.2) is 0 Å². The van der Waals surface area contributed by atoms with Crippen LogP contribution in [0.15, 0.2) is 18.2 Å². The van der Waals surface area contributed by atoms with E-state index in [1.54, 1.807) is 0 Å². The zero-order valence-electron chi connectivity index (χ0n) is 21.4. The van der Waals surface area contributed by atoms with Crippen LogP contribution in [0.1, 0.15) is 94.6 Å². The Hall–Kier alpha value is -1.39. The van der Waals surface area contributed by atoms with E-state index < -0.39 is 0 Å². The van der Waals surface area contributed by atoms with Gasteiger partial charge in [0.2, 0.25) is 5.91 Å². The van der Waals surface area contributed by atoms with Crippen molar-refractivity contribution in [3.8, 4) is 0 Å². The average molecular weight is 500 g/mol. The van der Waals surface area contributed by atoms with E-state index in [4.69, 9.17) is 16.3 Å². The van der Waals surface area contributed by atoms with Gasteiger partial charge in [-0.25, -0.2) is 0 Å². The number of Topliss-reactive ketones (excluding diaryl/α,β-unsaturated/α-hetero) is 1. The number of likely N-dealkylation sites (tertiary alicyclic amines) is 1. The lowest BCUT2D eigenvalue weighted by Crippen LogP contribution is -2.36.